The Hall–Kier alpha value is -0.920. The summed E-state index contributed by atoms with van der Waals surface area (Å²) >= 11 is 0. The Balaban J connectivity index is -0.0000000755. The van der Waals surface area contributed by atoms with Crippen molar-refractivity contribution in [2.45, 2.75) is 62.8 Å². The van der Waals surface area contributed by atoms with Crippen LogP contribution in [0.3, 0.4) is 0 Å². The minimum absolute atomic E-state index is 0. The van der Waals surface area contributed by atoms with Gasteiger partial charge in [0, 0.05) is 11.9 Å². The smallest absolute Gasteiger partial charge is 0.115 e. The average Bonchev–Trinajstić information content (AvgIpc) is 2.31. The van der Waals surface area contributed by atoms with E-state index in [0.29, 0.717) is 0 Å². The summed E-state index contributed by atoms with van der Waals surface area (Å²) in [6, 6.07) is 0. The quantitative estimate of drug-likeness (QED) is 0.619. The van der Waals surface area contributed by atoms with Crippen LogP contribution in [0.1, 0.15) is 60.2 Å². The highest BCUT2D eigenvalue weighted by Gasteiger charge is 1.86. The van der Waals surface area contributed by atoms with Crippen molar-refractivity contribution in [3.05, 3.63) is 23.8 Å². The van der Waals surface area contributed by atoms with Gasteiger partial charge in [-0.15, -0.1) is 0 Å². The Labute approximate surface area is 97.2 Å². The van der Waals surface area contributed by atoms with E-state index in [-0.39, 0.29) is 7.43 Å². The molecule has 0 saturated heterocycles. The largest absolute Gasteiger partial charge is 0.245 e. The molecule has 0 spiro atoms. The van der Waals surface area contributed by atoms with Gasteiger partial charge in [-0.1, -0.05) is 49.0 Å². The maximum atomic E-state index is 3.97. The second-order valence-corrected chi connectivity index (χ2v) is 1.79. The number of hydrogen-bond acceptors (Lipinski definition) is 2. The van der Waals surface area contributed by atoms with E-state index in [1.165, 1.54) is 0 Å². The lowest BCUT2D eigenvalue weighted by atomic mass is 10.3. The lowest BCUT2D eigenvalue weighted by Gasteiger charge is -1.91. The molecule has 0 fully saturated rings. The van der Waals surface area contributed by atoms with E-state index in [1.807, 2.05) is 61.6 Å². The zero-order chi connectivity index (χ0) is 12.0. The molecule has 0 saturated carbocycles. The highest BCUT2D eigenvalue weighted by molar-refractivity contribution is 5.10. The molecule has 2 heteroatoms. The van der Waals surface area contributed by atoms with E-state index in [4.69, 9.17) is 0 Å². The van der Waals surface area contributed by atoms with E-state index in [9.17, 15) is 0 Å². The molecule has 0 aliphatic rings. The molecule has 0 aliphatic heterocycles. The molecule has 1 aromatic heterocycles. The van der Waals surface area contributed by atoms with E-state index in [1.54, 1.807) is 6.33 Å². The average molecular weight is 214 g/mol. The van der Waals surface area contributed by atoms with Crippen molar-refractivity contribution in [3.8, 4) is 0 Å². The van der Waals surface area contributed by atoms with Crippen LogP contribution < -0.4 is 0 Å². The van der Waals surface area contributed by atoms with Crippen LogP contribution in [0.25, 0.3) is 0 Å². The zero-order valence-corrected chi connectivity index (χ0v) is 11.0. The summed E-state index contributed by atoms with van der Waals surface area (Å²) in [5.74, 6) is 0. The van der Waals surface area contributed by atoms with Crippen LogP contribution in [0.5, 0.6) is 0 Å². The Bertz CT molecular complexity index is 165. The van der Waals surface area contributed by atoms with Crippen molar-refractivity contribution in [1.82, 2.24) is 9.97 Å². The zero-order valence-electron chi connectivity index (χ0n) is 11.0. The normalized spacial score (nSPS) is 6.13. The van der Waals surface area contributed by atoms with E-state index in [0.717, 1.165) is 11.3 Å². The SMILES string of the molecule is C.CC.CC.CC.Cc1cncnc1C. The molecule has 92 valence electrons. The predicted octanol–water partition coefficient (Wildman–Crippen LogP) is 4.81. The molecule has 0 amide bonds. The first-order valence-corrected chi connectivity index (χ1v) is 5.54. The molecular formula is C13H30N2. The number of aryl methyl sites for hydroxylation is 2. The van der Waals surface area contributed by atoms with Crippen LogP contribution in [0.15, 0.2) is 12.5 Å². The summed E-state index contributed by atoms with van der Waals surface area (Å²) in [6.07, 6.45) is 3.37. The van der Waals surface area contributed by atoms with Crippen molar-refractivity contribution >= 4 is 0 Å². The van der Waals surface area contributed by atoms with Gasteiger partial charge in [0.25, 0.3) is 0 Å². The van der Waals surface area contributed by atoms with Crippen molar-refractivity contribution in [2.75, 3.05) is 0 Å². The summed E-state index contributed by atoms with van der Waals surface area (Å²) in [5.41, 5.74) is 2.20. The maximum absolute atomic E-state index is 3.97. The monoisotopic (exact) mass is 214 g/mol. The molecule has 1 heterocycles. The molecule has 0 aliphatic carbocycles. The third-order valence-electron chi connectivity index (χ3n) is 1.16. The van der Waals surface area contributed by atoms with Crippen molar-refractivity contribution < 1.29 is 0 Å². The molecule has 0 N–H and O–H groups in total. The molecule has 0 radical (unpaired) electrons. The lowest BCUT2D eigenvalue weighted by molar-refractivity contribution is 1.06. The van der Waals surface area contributed by atoms with Gasteiger partial charge < -0.3 is 0 Å². The lowest BCUT2D eigenvalue weighted by Crippen LogP contribution is -1.85. The second-order valence-electron chi connectivity index (χ2n) is 1.79. The third kappa shape index (κ3) is 15.8. The van der Waals surface area contributed by atoms with Crippen LogP contribution in [0, 0.1) is 13.8 Å². The summed E-state index contributed by atoms with van der Waals surface area (Å²) in [6.45, 7) is 16.0. The molecule has 0 bridgehead atoms. The van der Waals surface area contributed by atoms with Crippen LogP contribution in [0.4, 0.5) is 0 Å². The maximum Gasteiger partial charge on any atom is 0.115 e. The highest BCUT2D eigenvalue weighted by atomic mass is 14.8. The summed E-state index contributed by atoms with van der Waals surface area (Å²) < 4.78 is 0. The first-order valence-electron chi connectivity index (χ1n) is 5.54. The van der Waals surface area contributed by atoms with Gasteiger partial charge >= 0.3 is 0 Å². The number of rotatable bonds is 0. The molecule has 15 heavy (non-hydrogen) atoms. The summed E-state index contributed by atoms with van der Waals surface area (Å²) in [5, 5.41) is 0. The second kappa shape index (κ2) is 23.2. The first-order chi connectivity index (χ1) is 6.80. The number of nitrogens with zero attached hydrogens (tertiary/aromatic N) is 2. The topological polar surface area (TPSA) is 25.8 Å². The first kappa shape index (κ1) is 23.7. The van der Waals surface area contributed by atoms with Crippen LogP contribution >= 0.6 is 0 Å². The van der Waals surface area contributed by atoms with E-state index in [2.05, 4.69) is 9.97 Å². The summed E-state index contributed by atoms with van der Waals surface area (Å²) in [4.78, 5) is 7.80. The van der Waals surface area contributed by atoms with Crippen LogP contribution in [-0.2, 0) is 0 Å². The fourth-order valence-corrected chi connectivity index (χ4v) is 0.460. The van der Waals surface area contributed by atoms with Gasteiger partial charge in [-0.2, -0.15) is 0 Å². The minimum Gasteiger partial charge on any atom is -0.245 e. The van der Waals surface area contributed by atoms with Gasteiger partial charge in [-0.25, -0.2) is 9.97 Å². The Morgan fingerprint density at radius 1 is 0.867 bits per heavy atom. The van der Waals surface area contributed by atoms with Crippen molar-refractivity contribution in [2.24, 2.45) is 0 Å². The molecular weight excluding hydrogens is 184 g/mol. The number of hydrogen-bond donors (Lipinski definition) is 0. The standard InChI is InChI=1S/C6H8N2.3C2H6.CH4/c1-5-3-7-4-8-6(5)2;3*1-2;/h3-4H,1-2H3;3*1-2H3;1H4. The third-order valence-corrected chi connectivity index (χ3v) is 1.16. The number of aromatic nitrogens is 2. The molecule has 0 atom stereocenters. The van der Waals surface area contributed by atoms with Crippen LogP contribution in [0.2, 0.25) is 0 Å². The Morgan fingerprint density at radius 2 is 1.27 bits per heavy atom. The summed E-state index contributed by atoms with van der Waals surface area (Å²) in [7, 11) is 0. The van der Waals surface area contributed by atoms with Gasteiger partial charge in [-0.3, -0.25) is 0 Å². The fourth-order valence-electron chi connectivity index (χ4n) is 0.460. The van der Waals surface area contributed by atoms with Gasteiger partial charge in [0.2, 0.25) is 0 Å². The van der Waals surface area contributed by atoms with Crippen molar-refractivity contribution in [3.63, 3.8) is 0 Å². The van der Waals surface area contributed by atoms with Gasteiger partial charge in [0.1, 0.15) is 6.33 Å². The molecule has 1 rings (SSSR count). The molecule has 1 aromatic rings. The van der Waals surface area contributed by atoms with Gasteiger partial charge in [0.15, 0.2) is 0 Å². The molecule has 0 unspecified atom stereocenters. The predicted molar refractivity (Wildman–Crippen MR) is 72.3 cm³/mol. The van der Waals surface area contributed by atoms with Crippen LogP contribution in [-0.4, -0.2) is 9.97 Å². The van der Waals surface area contributed by atoms with Gasteiger partial charge in [0.05, 0.1) is 0 Å². The van der Waals surface area contributed by atoms with Gasteiger partial charge in [-0.05, 0) is 19.4 Å². The Morgan fingerprint density at radius 3 is 1.47 bits per heavy atom. The highest BCUT2D eigenvalue weighted by Crippen LogP contribution is 1.95. The fraction of sp³-hybridized carbons (Fsp3) is 0.692. The molecule has 0 aromatic carbocycles. The van der Waals surface area contributed by atoms with Crippen molar-refractivity contribution in [1.29, 1.82) is 0 Å². The molecule has 2 nitrogen and oxygen atoms in total. The minimum atomic E-state index is 0. The Kier molecular flexibility index (Phi) is 36.6. The van der Waals surface area contributed by atoms with E-state index >= 15 is 0 Å². The van der Waals surface area contributed by atoms with E-state index < -0.39 is 0 Å².